The summed E-state index contributed by atoms with van der Waals surface area (Å²) in [5.74, 6) is -0.922. The van der Waals surface area contributed by atoms with Crippen molar-refractivity contribution in [2.24, 2.45) is 5.11 Å². The number of rotatable bonds is 4. The van der Waals surface area contributed by atoms with E-state index in [1.54, 1.807) is 37.4 Å². The molecular weight excluding hydrogens is 422 g/mol. The van der Waals surface area contributed by atoms with Gasteiger partial charge in [-0.3, -0.25) is 9.59 Å². The van der Waals surface area contributed by atoms with Gasteiger partial charge in [0, 0.05) is 16.5 Å². The second kappa shape index (κ2) is 8.18. The summed E-state index contributed by atoms with van der Waals surface area (Å²) in [4.78, 5) is 29.3. The van der Waals surface area contributed by atoms with Crippen LogP contribution in [-0.4, -0.2) is 25.8 Å². The van der Waals surface area contributed by atoms with E-state index in [2.05, 4.69) is 36.0 Å². The van der Waals surface area contributed by atoms with Gasteiger partial charge in [-0.2, -0.15) is 9.78 Å². The van der Waals surface area contributed by atoms with Crippen molar-refractivity contribution < 1.29 is 14.3 Å². The van der Waals surface area contributed by atoms with E-state index in [0.717, 1.165) is 10.9 Å². The average Bonchev–Trinajstić information content (AvgIpc) is 3.19. The van der Waals surface area contributed by atoms with Gasteiger partial charge in [-0.15, -0.1) is 5.11 Å². The largest absolute Gasteiger partial charge is 0.430 e. The molecule has 0 saturated heterocycles. The average molecular weight is 445 g/mol. The van der Waals surface area contributed by atoms with Gasteiger partial charge in [0.2, 0.25) is 11.7 Å². The molecule has 33 heavy (non-hydrogen) atoms. The van der Waals surface area contributed by atoms with Gasteiger partial charge in [0.1, 0.15) is 0 Å². The maximum atomic E-state index is 13.3. The number of hydrogen-bond donors (Lipinski definition) is 2. The van der Waals surface area contributed by atoms with E-state index in [-0.39, 0.29) is 28.3 Å². The Kier molecular flexibility index (Phi) is 5.51. The van der Waals surface area contributed by atoms with Crippen LogP contribution in [0.5, 0.6) is 0 Å². The first-order valence-electron chi connectivity index (χ1n) is 10.3. The molecule has 0 aliphatic carbocycles. The van der Waals surface area contributed by atoms with Crippen molar-refractivity contribution in [2.75, 3.05) is 0 Å². The molecule has 1 amide bonds. The quantitative estimate of drug-likeness (QED) is 0.450. The zero-order valence-corrected chi connectivity index (χ0v) is 18.7. The molecule has 2 aromatic heterocycles. The van der Waals surface area contributed by atoms with Crippen LogP contribution < -0.4 is 5.56 Å². The number of aliphatic hydroxyl groups excluding tert-OH is 1. The zero-order chi connectivity index (χ0) is 23.9. The first-order chi connectivity index (χ1) is 15.7. The number of carbonyl (C=O) groups excluding carboxylic acids is 1. The van der Waals surface area contributed by atoms with Crippen LogP contribution in [0.2, 0.25) is 0 Å². The van der Waals surface area contributed by atoms with E-state index < -0.39 is 12.5 Å². The summed E-state index contributed by atoms with van der Waals surface area (Å²) < 4.78 is 6.77. The molecule has 9 heteroatoms. The summed E-state index contributed by atoms with van der Waals surface area (Å²) in [6, 6.07) is 10.7. The number of oxazole rings is 1. The summed E-state index contributed by atoms with van der Waals surface area (Å²) in [5.41, 5.74) is 9.03. The highest BCUT2D eigenvalue weighted by molar-refractivity contribution is 5.93. The minimum absolute atomic E-state index is 0.0664. The smallest absolute Gasteiger partial charge is 0.332 e. The Hall–Kier alpha value is -3.98. The van der Waals surface area contributed by atoms with E-state index >= 15 is 0 Å². The van der Waals surface area contributed by atoms with Gasteiger partial charge in [-0.25, -0.2) is 10.5 Å². The lowest BCUT2D eigenvalue weighted by Gasteiger charge is -2.19. The second-order valence-electron chi connectivity index (χ2n) is 8.73. The third kappa shape index (κ3) is 3.87. The van der Waals surface area contributed by atoms with Crippen LogP contribution in [0.25, 0.3) is 27.9 Å². The maximum absolute atomic E-state index is 13.3. The molecule has 0 spiro atoms. The molecule has 9 nitrogen and oxygen atoms in total. The Morgan fingerprint density at radius 3 is 2.67 bits per heavy atom. The monoisotopic (exact) mass is 445 g/mol. The van der Waals surface area contributed by atoms with Crippen LogP contribution in [0.4, 0.5) is 0 Å². The molecular formula is C24H23N5O4. The van der Waals surface area contributed by atoms with Gasteiger partial charge in [0.15, 0.2) is 0 Å². The number of fused-ring (bicyclic) bond motifs is 1. The number of hydrogen-bond acceptors (Lipinski definition) is 7. The summed E-state index contributed by atoms with van der Waals surface area (Å²) in [5, 5.41) is 18.6. The molecule has 168 valence electrons. The molecule has 0 saturated carbocycles. The predicted molar refractivity (Wildman–Crippen MR) is 122 cm³/mol. The Morgan fingerprint density at radius 2 is 2.00 bits per heavy atom. The molecule has 2 heterocycles. The van der Waals surface area contributed by atoms with Crippen molar-refractivity contribution in [3.8, 4) is 17.1 Å². The summed E-state index contributed by atoms with van der Waals surface area (Å²) >= 11 is 0. The number of benzene rings is 2. The molecule has 0 atom stereocenters. The highest BCUT2D eigenvalue weighted by Crippen LogP contribution is 2.30. The maximum Gasteiger partial charge on any atom is 0.332 e. The van der Waals surface area contributed by atoms with Crippen molar-refractivity contribution in [3.05, 3.63) is 75.5 Å². The summed E-state index contributed by atoms with van der Waals surface area (Å²) in [7, 11) is 0. The van der Waals surface area contributed by atoms with Crippen LogP contribution in [0.3, 0.4) is 0 Å². The van der Waals surface area contributed by atoms with Gasteiger partial charge in [0.05, 0.1) is 29.6 Å². The Bertz CT molecular complexity index is 1460. The van der Waals surface area contributed by atoms with Gasteiger partial charge in [-0.05, 0) is 42.2 Å². The van der Waals surface area contributed by atoms with Gasteiger partial charge >= 0.3 is 5.91 Å². The molecule has 4 aromatic rings. The fourth-order valence-corrected chi connectivity index (χ4v) is 3.69. The number of carbonyl (C=O) groups is 1. The van der Waals surface area contributed by atoms with Crippen molar-refractivity contribution in [1.29, 1.82) is 5.53 Å². The SMILES string of the molecule is Cc1nc(-c2cccc(-n3ncc4cc(C(C)(C)C)ccc4c3=O)c2CO)oc1C(=O)N=N. The second-order valence-corrected chi connectivity index (χ2v) is 8.73. The zero-order valence-electron chi connectivity index (χ0n) is 18.7. The topological polar surface area (TPSA) is 134 Å². The first kappa shape index (κ1) is 22.2. The number of nitrogens with one attached hydrogen (secondary N) is 1. The summed E-state index contributed by atoms with van der Waals surface area (Å²) in [6.45, 7) is 7.44. The lowest BCUT2D eigenvalue weighted by Crippen LogP contribution is -2.23. The predicted octanol–water partition coefficient (Wildman–Crippen LogP) is 4.31. The van der Waals surface area contributed by atoms with Crippen LogP contribution in [0.15, 0.2) is 56.9 Å². The summed E-state index contributed by atoms with van der Waals surface area (Å²) in [6.07, 6.45) is 1.63. The van der Waals surface area contributed by atoms with E-state index in [0.29, 0.717) is 22.2 Å². The third-order valence-electron chi connectivity index (χ3n) is 5.51. The Balaban J connectivity index is 1.89. The standard InChI is InChI=1S/C24H23N5O4/c1-13-20(21(31)28-25)33-22(27-13)17-6-5-7-19(18(17)12-30)29-23(32)16-9-8-15(24(2,3)4)10-14(16)11-26-29/h5-11,25,30H,12H2,1-4H3. The number of amides is 1. The molecule has 0 unspecified atom stereocenters. The fourth-order valence-electron chi connectivity index (χ4n) is 3.69. The lowest BCUT2D eigenvalue weighted by molar-refractivity contribution is 0.0964. The molecule has 0 aliphatic heterocycles. The van der Waals surface area contributed by atoms with Crippen molar-refractivity contribution in [2.45, 2.75) is 39.7 Å². The van der Waals surface area contributed by atoms with E-state index in [9.17, 15) is 14.7 Å². The molecule has 0 fully saturated rings. The molecule has 0 aliphatic rings. The van der Waals surface area contributed by atoms with E-state index in [1.165, 1.54) is 4.68 Å². The Labute approximate surface area is 189 Å². The van der Waals surface area contributed by atoms with Crippen molar-refractivity contribution in [3.63, 3.8) is 0 Å². The van der Waals surface area contributed by atoms with Crippen LogP contribution >= 0.6 is 0 Å². The van der Waals surface area contributed by atoms with Crippen molar-refractivity contribution >= 4 is 16.7 Å². The third-order valence-corrected chi connectivity index (χ3v) is 5.51. The molecule has 0 bridgehead atoms. The minimum atomic E-state index is -0.852. The van der Waals surface area contributed by atoms with Crippen molar-refractivity contribution in [1.82, 2.24) is 14.8 Å². The molecule has 2 N–H and O–H groups in total. The normalized spacial score (nSPS) is 11.7. The van der Waals surface area contributed by atoms with E-state index in [4.69, 9.17) is 9.95 Å². The lowest BCUT2D eigenvalue weighted by atomic mass is 9.86. The van der Waals surface area contributed by atoms with Gasteiger partial charge in [0.25, 0.3) is 5.56 Å². The highest BCUT2D eigenvalue weighted by atomic mass is 16.4. The van der Waals surface area contributed by atoms with Crippen LogP contribution in [0, 0.1) is 12.5 Å². The number of aromatic nitrogens is 3. The molecule has 4 rings (SSSR count). The van der Waals surface area contributed by atoms with E-state index in [1.807, 2.05) is 12.1 Å². The van der Waals surface area contributed by atoms with Crippen LogP contribution in [0.1, 0.15) is 48.1 Å². The molecule has 0 radical (unpaired) electrons. The minimum Gasteiger partial charge on any atom is -0.430 e. The van der Waals surface area contributed by atoms with Gasteiger partial charge in [-0.1, -0.05) is 32.9 Å². The highest BCUT2D eigenvalue weighted by Gasteiger charge is 2.22. The number of nitrogens with zero attached hydrogens (tertiary/aromatic N) is 4. The molecule has 2 aromatic carbocycles. The fraction of sp³-hybridized carbons (Fsp3) is 0.250. The van der Waals surface area contributed by atoms with Gasteiger partial charge < -0.3 is 9.52 Å². The van der Waals surface area contributed by atoms with Crippen LogP contribution in [-0.2, 0) is 12.0 Å². The first-order valence-corrected chi connectivity index (χ1v) is 10.3. The Morgan fingerprint density at radius 1 is 1.24 bits per heavy atom. The number of aliphatic hydroxyl groups is 1. The number of aryl methyl sites for hydroxylation is 1.